The quantitative estimate of drug-likeness (QED) is 0.714. The lowest BCUT2D eigenvalue weighted by Crippen LogP contribution is -2.45. The summed E-state index contributed by atoms with van der Waals surface area (Å²) in [5.41, 5.74) is 1.09. The zero-order valence-electron chi connectivity index (χ0n) is 16.6. The molecule has 0 amide bonds. The molecular formula is C22H28N2O4S. The fraction of sp³-hybridized carbons (Fsp3) is 0.409. The molecule has 0 bridgehead atoms. The van der Waals surface area contributed by atoms with E-state index in [9.17, 15) is 18.3 Å². The van der Waals surface area contributed by atoms with E-state index in [1.165, 1.54) is 4.31 Å². The molecule has 0 spiro atoms. The number of sulfonamides is 1. The molecule has 156 valence electrons. The van der Waals surface area contributed by atoms with Gasteiger partial charge in [0.1, 0.15) is 0 Å². The van der Waals surface area contributed by atoms with Crippen molar-refractivity contribution in [3.05, 3.63) is 60.7 Å². The summed E-state index contributed by atoms with van der Waals surface area (Å²) in [7, 11) is -1.56. The number of nitrogens with zero attached hydrogens (tertiary/aromatic N) is 2. The minimum absolute atomic E-state index is 0.00417. The molecular weight excluding hydrogens is 388 g/mol. The Morgan fingerprint density at radius 3 is 2.31 bits per heavy atom. The molecule has 29 heavy (non-hydrogen) atoms. The summed E-state index contributed by atoms with van der Waals surface area (Å²) in [6.07, 6.45) is 1.39. The van der Waals surface area contributed by atoms with Crippen LogP contribution in [0, 0.1) is 11.8 Å². The molecule has 0 aromatic heterocycles. The topological polar surface area (TPSA) is 77.9 Å². The normalized spacial score (nSPS) is 20.3. The smallest absolute Gasteiger partial charge is 0.303 e. The van der Waals surface area contributed by atoms with Crippen molar-refractivity contribution in [2.75, 3.05) is 31.6 Å². The van der Waals surface area contributed by atoms with Gasteiger partial charge < -0.3 is 10.0 Å². The summed E-state index contributed by atoms with van der Waals surface area (Å²) in [4.78, 5) is 13.7. The number of anilines is 1. The number of rotatable bonds is 8. The van der Waals surface area contributed by atoms with Gasteiger partial charge in [0.25, 0.3) is 0 Å². The fourth-order valence-corrected chi connectivity index (χ4v) is 5.53. The first kappa shape index (κ1) is 21.3. The highest BCUT2D eigenvalue weighted by Crippen LogP contribution is 2.32. The van der Waals surface area contributed by atoms with E-state index in [0.29, 0.717) is 19.5 Å². The molecule has 1 aliphatic rings. The third-order valence-electron chi connectivity index (χ3n) is 5.70. The Hall–Kier alpha value is -2.38. The zero-order chi connectivity index (χ0) is 20.9. The van der Waals surface area contributed by atoms with Gasteiger partial charge in [-0.15, -0.1) is 0 Å². The largest absolute Gasteiger partial charge is 0.481 e. The number of piperidine rings is 1. The van der Waals surface area contributed by atoms with Gasteiger partial charge in [0.15, 0.2) is 0 Å². The first-order valence-corrected chi connectivity index (χ1v) is 11.3. The molecule has 0 aliphatic carbocycles. The van der Waals surface area contributed by atoms with Crippen LogP contribution in [0.1, 0.15) is 19.3 Å². The number of hydrogen-bond donors (Lipinski definition) is 1. The number of carboxylic acid groups (broad SMARTS) is 1. The lowest BCUT2D eigenvalue weighted by Gasteiger charge is -2.38. The minimum Gasteiger partial charge on any atom is -0.481 e. The first-order chi connectivity index (χ1) is 13.9. The molecule has 0 saturated carbocycles. The van der Waals surface area contributed by atoms with Gasteiger partial charge in [-0.05, 0) is 48.9 Å². The van der Waals surface area contributed by atoms with E-state index in [1.54, 1.807) is 30.3 Å². The van der Waals surface area contributed by atoms with Crippen molar-refractivity contribution in [3.8, 4) is 0 Å². The van der Waals surface area contributed by atoms with Crippen molar-refractivity contribution in [3.63, 3.8) is 0 Å². The van der Waals surface area contributed by atoms with E-state index in [4.69, 9.17) is 0 Å². The molecule has 7 heteroatoms. The maximum Gasteiger partial charge on any atom is 0.303 e. The van der Waals surface area contributed by atoms with Gasteiger partial charge in [-0.2, -0.15) is 4.31 Å². The van der Waals surface area contributed by atoms with Crippen LogP contribution in [0.4, 0.5) is 5.69 Å². The molecule has 3 rings (SSSR count). The van der Waals surface area contributed by atoms with Crippen LogP contribution >= 0.6 is 0 Å². The Morgan fingerprint density at radius 2 is 1.69 bits per heavy atom. The van der Waals surface area contributed by atoms with Gasteiger partial charge in [0, 0.05) is 38.8 Å². The van der Waals surface area contributed by atoms with E-state index >= 15 is 0 Å². The Kier molecular flexibility index (Phi) is 6.92. The van der Waals surface area contributed by atoms with Crippen LogP contribution in [0.25, 0.3) is 0 Å². The molecule has 0 unspecified atom stereocenters. The predicted octanol–water partition coefficient (Wildman–Crippen LogP) is 3.31. The van der Waals surface area contributed by atoms with Gasteiger partial charge in [0.05, 0.1) is 4.90 Å². The molecule has 0 radical (unpaired) electrons. The van der Waals surface area contributed by atoms with Gasteiger partial charge in [-0.3, -0.25) is 4.79 Å². The second kappa shape index (κ2) is 9.41. The summed E-state index contributed by atoms with van der Waals surface area (Å²) in [6.45, 7) is 1.46. The summed E-state index contributed by atoms with van der Waals surface area (Å²) >= 11 is 0. The van der Waals surface area contributed by atoms with Crippen molar-refractivity contribution >= 4 is 21.7 Å². The monoisotopic (exact) mass is 416 g/mol. The summed E-state index contributed by atoms with van der Waals surface area (Å²) in [5, 5.41) is 9.30. The third-order valence-corrected chi connectivity index (χ3v) is 7.58. The lowest BCUT2D eigenvalue weighted by molar-refractivity contribution is -0.138. The van der Waals surface area contributed by atoms with Crippen LogP contribution in [0.5, 0.6) is 0 Å². The highest BCUT2D eigenvalue weighted by atomic mass is 32.2. The average molecular weight is 417 g/mol. The molecule has 1 aliphatic heterocycles. The van der Waals surface area contributed by atoms with Gasteiger partial charge >= 0.3 is 5.97 Å². The summed E-state index contributed by atoms with van der Waals surface area (Å²) < 4.78 is 27.6. The first-order valence-electron chi connectivity index (χ1n) is 9.91. The molecule has 2 aromatic carbocycles. The number of para-hydroxylation sites is 1. The van der Waals surface area contributed by atoms with Crippen LogP contribution in [0.2, 0.25) is 0 Å². The molecule has 1 saturated heterocycles. The average Bonchev–Trinajstić information content (AvgIpc) is 2.73. The molecule has 1 heterocycles. The van der Waals surface area contributed by atoms with Crippen LogP contribution in [-0.4, -0.2) is 50.5 Å². The number of benzene rings is 2. The third kappa shape index (κ3) is 5.36. The fourth-order valence-electron chi connectivity index (χ4n) is 4.00. The number of carboxylic acids is 1. The van der Waals surface area contributed by atoms with Gasteiger partial charge in [-0.1, -0.05) is 36.4 Å². The Bertz CT molecular complexity index is 903. The van der Waals surface area contributed by atoms with Gasteiger partial charge in [0.2, 0.25) is 10.0 Å². The number of hydrogen-bond acceptors (Lipinski definition) is 4. The summed E-state index contributed by atoms with van der Waals surface area (Å²) in [5.74, 6) is -0.834. The number of carbonyl (C=O) groups is 1. The van der Waals surface area contributed by atoms with Crippen molar-refractivity contribution in [1.82, 2.24) is 4.31 Å². The molecule has 6 nitrogen and oxygen atoms in total. The highest BCUT2D eigenvalue weighted by Gasteiger charge is 2.36. The zero-order valence-corrected chi connectivity index (χ0v) is 17.5. The van der Waals surface area contributed by atoms with E-state index in [1.807, 2.05) is 37.4 Å². The van der Waals surface area contributed by atoms with Crippen LogP contribution in [0.3, 0.4) is 0 Å². The van der Waals surface area contributed by atoms with Crippen molar-refractivity contribution in [2.45, 2.75) is 24.2 Å². The molecule has 2 atom stereocenters. The second-order valence-corrected chi connectivity index (χ2v) is 9.57. The van der Waals surface area contributed by atoms with E-state index in [0.717, 1.165) is 18.7 Å². The predicted molar refractivity (Wildman–Crippen MR) is 113 cm³/mol. The molecule has 2 aromatic rings. The van der Waals surface area contributed by atoms with Crippen molar-refractivity contribution in [1.29, 1.82) is 0 Å². The Labute approximate surface area is 172 Å². The van der Waals surface area contributed by atoms with E-state index in [-0.39, 0.29) is 23.2 Å². The SMILES string of the molecule is CN(CC[C@H]1CN(S(=O)(=O)c2ccccc2)CC[C@H]1CC(=O)O)c1ccccc1. The van der Waals surface area contributed by atoms with Gasteiger partial charge in [-0.25, -0.2) is 8.42 Å². The van der Waals surface area contributed by atoms with Crippen LogP contribution in [0.15, 0.2) is 65.6 Å². The maximum absolute atomic E-state index is 13.0. The minimum atomic E-state index is -3.57. The molecule has 1 N–H and O–H groups in total. The van der Waals surface area contributed by atoms with Crippen LogP contribution < -0.4 is 4.90 Å². The molecule has 1 fully saturated rings. The van der Waals surface area contributed by atoms with Crippen molar-refractivity contribution in [2.24, 2.45) is 11.8 Å². The van der Waals surface area contributed by atoms with Crippen LogP contribution in [-0.2, 0) is 14.8 Å². The maximum atomic E-state index is 13.0. The van der Waals surface area contributed by atoms with E-state index in [2.05, 4.69) is 4.90 Å². The lowest BCUT2D eigenvalue weighted by atomic mass is 9.82. The number of aliphatic carboxylic acids is 1. The Morgan fingerprint density at radius 1 is 1.07 bits per heavy atom. The standard InChI is InChI=1S/C22H28N2O4S/c1-23(20-8-4-2-5-9-20)14-12-19-17-24(15-13-18(19)16-22(25)26)29(27,28)21-10-6-3-7-11-21/h2-11,18-19H,12-17H2,1H3,(H,25,26)/t18-,19-/m0/s1. The highest BCUT2D eigenvalue weighted by molar-refractivity contribution is 7.89. The van der Waals surface area contributed by atoms with Crippen molar-refractivity contribution < 1.29 is 18.3 Å². The second-order valence-electron chi connectivity index (χ2n) is 7.63. The Balaban J connectivity index is 1.72. The summed E-state index contributed by atoms with van der Waals surface area (Å²) in [6, 6.07) is 18.4. The van der Waals surface area contributed by atoms with E-state index < -0.39 is 16.0 Å².